The van der Waals surface area contributed by atoms with Gasteiger partial charge in [0.1, 0.15) is 0 Å². The second-order valence-corrected chi connectivity index (χ2v) is 4.22. The maximum absolute atomic E-state index is 11.0. The number of thioether (sulfide) groups is 1. The van der Waals surface area contributed by atoms with Gasteiger partial charge < -0.3 is 0 Å². The Hall–Kier alpha value is -1.02. The quantitative estimate of drug-likeness (QED) is 0.703. The van der Waals surface area contributed by atoms with Gasteiger partial charge in [0.15, 0.2) is 5.78 Å². The molecule has 1 rings (SSSR count). The Morgan fingerprint density at radius 3 is 2.50 bits per heavy atom. The minimum atomic E-state index is 0.102. The van der Waals surface area contributed by atoms with Gasteiger partial charge in [-0.25, -0.2) is 0 Å². The fourth-order valence-corrected chi connectivity index (χ4v) is 2.01. The third-order valence-corrected chi connectivity index (χ3v) is 2.65. The Morgan fingerprint density at radius 1 is 1.36 bits per heavy atom. The molecule has 2 heteroatoms. The van der Waals surface area contributed by atoms with Gasteiger partial charge in [0.05, 0.1) is 0 Å². The normalized spacial score (nSPS) is 11.4. The van der Waals surface area contributed by atoms with Crippen LogP contribution in [-0.2, 0) is 4.79 Å². The molecule has 0 aliphatic rings. The van der Waals surface area contributed by atoms with Gasteiger partial charge in [0.2, 0.25) is 0 Å². The lowest BCUT2D eigenvalue weighted by atomic mass is 10.2. The lowest BCUT2D eigenvalue weighted by Gasteiger charge is -2.04. The molecule has 0 spiro atoms. The van der Waals surface area contributed by atoms with Crippen molar-refractivity contribution in [1.29, 1.82) is 0 Å². The molecule has 0 aromatic heterocycles. The van der Waals surface area contributed by atoms with E-state index < -0.39 is 0 Å². The van der Waals surface area contributed by atoms with Crippen LogP contribution in [-0.4, -0.2) is 11.5 Å². The second-order valence-electron chi connectivity index (χ2n) is 2.92. The highest BCUT2D eigenvalue weighted by Gasteiger charge is 2.01. The van der Waals surface area contributed by atoms with Crippen LogP contribution in [0.25, 0.3) is 4.91 Å². The fourth-order valence-electron chi connectivity index (χ4n) is 1.15. The molecule has 74 valence electrons. The van der Waals surface area contributed by atoms with E-state index in [2.05, 4.69) is 6.92 Å². The molecule has 1 aromatic carbocycles. The van der Waals surface area contributed by atoms with Gasteiger partial charge in [0, 0.05) is 4.91 Å². The van der Waals surface area contributed by atoms with E-state index >= 15 is 0 Å². The molecule has 1 nitrogen and oxygen atoms in total. The van der Waals surface area contributed by atoms with Crippen molar-refractivity contribution in [2.75, 3.05) is 5.75 Å². The molecule has 1 aromatic rings. The van der Waals surface area contributed by atoms with Crippen LogP contribution in [0, 0.1) is 0 Å². The number of benzene rings is 1. The molecule has 0 heterocycles. The van der Waals surface area contributed by atoms with E-state index in [0.29, 0.717) is 0 Å². The second kappa shape index (κ2) is 5.66. The number of hydrogen-bond donors (Lipinski definition) is 0. The van der Waals surface area contributed by atoms with Gasteiger partial charge in [-0.2, -0.15) is 0 Å². The van der Waals surface area contributed by atoms with Gasteiger partial charge in [-0.15, -0.1) is 11.8 Å². The summed E-state index contributed by atoms with van der Waals surface area (Å²) < 4.78 is 0. The molecule has 0 aliphatic heterocycles. The molecule has 0 amide bonds. The zero-order valence-electron chi connectivity index (χ0n) is 8.49. The predicted octanol–water partition coefficient (Wildman–Crippen LogP) is 3.37. The lowest BCUT2D eigenvalue weighted by Crippen LogP contribution is -1.87. The maximum atomic E-state index is 11.0. The first-order valence-corrected chi connectivity index (χ1v) is 5.63. The number of rotatable bonds is 4. The summed E-state index contributed by atoms with van der Waals surface area (Å²) in [7, 11) is 0. The van der Waals surface area contributed by atoms with E-state index in [1.165, 1.54) is 0 Å². The van der Waals surface area contributed by atoms with Crippen molar-refractivity contribution >= 4 is 22.5 Å². The van der Waals surface area contributed by atoms with Crippen LogP contribution < -0.4 is 0 Å². The average Bonchev–Trinajstić information content (AvgIpc) is 2.18. The molecular weight excluding hydrogens is 192 g/mol. The summed E-state index contributed by atoms with van der Waals surface area (Å²) in [5, 5.41) is 0. The zero-order valence-corrected chi connectivity index (χ0v) is 9.30. The molecule has 0 saturated heterocycles. The van der Waals surface area contributed by atoms with Crippen molar-refractivity contribution in [2.45, 2.75) is 13.8 Å². The van der Waals surface area contributed by atoms with Crippen molar-refractivity contribution in [3.05, 3.63) is 42.0 Å². The van der Waals surface area contributed by atoms with Gasteiger partial charge in [-0.3, -0.25) is 4.79 Å². The Labute approximate surface area is 89.2 Å². The number of carbonyl (C=O) groups excluding carboxylic acids is 1. The van der Waals surface area contributed by atoms with Crippen molar-refractivity contribution < 1.29 is 4.79 Å². The standard InChI is InChI=1S/C12H14OS/c1-3-14-12(9-10(2)13)11-7-5-4-6-8-11/h4-9H,3H2,1-2H3/b12-9-. The highest BCUT2D eigenvalue weighted by molar-refractivity contribution is 8.08. The van der Waals surface area contributed by atoms with Crippen LogP contribution in [0.2, 0.25) is 0 Å². The molecule has 0 saturated carbocycles. The minimum absolute atomic E-state index is 0.102. The number of carbonyl (C=O) groups is 1. The molecule has 14 heavy (non-hydrogen) atoms. The smallest absolute Gasteiger partial charge is 0.153 e. The van der Waals surface area contributed by atoms with Crippen molar-refractivity contribution in [1.82, 2.24) is 0 Å². The topological polar surface area (TPSA) is 17.1 Å². The van der Waals surface area contributed by atoms with E-state index in [9.17, 15) is 4.79 Å². The van der Waals surface area contributed by atoms with Crippen LogP contribution in [0.3, 0.4) is 0 Å². The Morgan fingerprint density at radius 2 is 2.00 bits per heavy atom. The molecule has 0 aliphatic carbocycles. The van der Waals surface area contributed by atoms with Crippen molar-refractivity contribution in [3.8, 4) is 0 Å². The van der Waals surface area contributed by atoms with E-state index in [4.69, 9.17) is 0 Å². The van der Waals surface area contributed by atoms with E-state index in [-0.39, 0.29) is 5.78 Å². The van der Waals surface area contributed by atoms with Crippen molar-refractivity contribution in [2.24, 2.45) is 0 Å². The number of allylic oxidation sites excluding steroid dienone is 1. The van der Waals surface area contributed by atoms with Gasteiger partial charge in [-0.05, 0) is 24.3 Å². The van der Waals surface area contributed by atoms with Crippen LogP contribution in [0.5, 0.6) is 0 Å². The van der Waals surface area contributed by atoms with E-state index in [0.717, 1.165) is 16.2 Å². The minimum Gasteiger partial charge on any atom is -0.295 e. The first kappa shape index (κ1) is 11.1. The van der Waals surface area contributed by atoms with Gasteiger partial charge in [-0.1, -0.05) is 37.3 Å². The average molecular weight is 206 g/mol. The lowest BCUT2D eigenvalue weighted by molar-refractivity contribution is -0.112. The highest BCUT2D eigenvalue weighted by Crippen LogP contribution is 2.26. The number of ketones is 1. The van der Waals surface area contributed by atoms with E-state index in [1.54, 1.807) is 24.8 Å². The van der Waals surface area contributed by atoms with Gasteiger partial charge >= 0.3 is 0 Å². The van der Waals surface area contributed by atoms with Crippen LogP contribution in [0.1, 0.15) is 19.4 Å². The third kappa shape index (κ3) is 3.38. The summed E-state index contributed by atoms with van der Waals surface area (Å²) >= 11 is 1.70. The molecule has 0 unspecified atom stereocenters. The molecule has 0 fully saturated rings. The number of hydrogen-bond acceptors (Lipinski definition) is 2. The summed E-state index contributed by atoms with van der Waals surface area (Å²) in [6.07, 6.45) is 1.70. The summed E-state index contributed by atoms with van der Waals surface area (Å²) in [5.41, 5.74) is 1.12. The monoisotopic (exact) mass is 206 g/mol. The van der Waals surface area contributed by atoms with Crippen LogP contribution in [0.15, 0.2) is 36.4 Å². The summed E-state index contributed by atoms with van der Waals surface area (Å²) in [6, 6.07) is 10.00. The summed E-state index contributed by atoms with van der Waals surface area (Å²) in [5.74, 6) is 1.08. The SMILES string of the molecule is CCS/C(=C\C(C)=O)c1ccccc1. The predicted molar refractivity (Wildman–Crippen MR) is 63.2 cm³/mol. The molecule has 0 radical (unpaired) electrons. The zero-order chi connectivity index (χ0) is 10.4. The summed E-state index contributed by atoms with van der Waals surface area (Å²) in [6.45, 7) is 3.67. The van der Waals surface area contributed by atoms with Gasteiger partial charge in [0.25, 0.3) is 0 Å². The summed E-state index contributed by atoms with van der Waals surface area (Å²) in [4.78, 5) is 12.1. The first-order valence-electron chi connectivity index (χ1n) is 4.64. The Bertz CT molecular complexity index is 327. The largest absolute Gasteiger partial charge is 0.295 e. The third-order valence-electron chi connectivity index (χ3n) is 1.69. The van der Waals surface area contributed by atoms with Crippen LogP contribution >= 0.6 is 11.8 Å². The molecular formula is C12H14OS. The van der Waals surface area contributed by atoms with Crippen molar-refractivity contribution in [3.63, 3.8) is 0 Å². The molecule has 0 bridgehead atoms. The molecule has 0 atom stereocenters. The fraction of sp³-hybridized carbons (Fsp3) is 0.250. The Balaban J connectivity index is 2.94. The highest BCUT2D eigenvalue weighted by atomic mass is 32.2. The molecule has 0 N–H and O–H groups in total. The maximum Gasteiger partial charge on any atom is 0.153 e. The first-order chi connectivity index (χ1) is 6.74. The Kier molecular flexibility index (Phi) is 4.47. The van der Waals surface area contributed by atoms with E-state index in [1.807, 2.05) is 30.3 Å². The van der Waals surface area contributed by atoms with Crippen LogP contribution in [0.4, 0.5) is 0 Å².